The van der Waals surface area contributed by atoms with E-state index in [2.05, 4.69) is 10.2 Å². The standard InChI is InChI=1S/C7H6FN3/c1-5-2-3-11-4-9-10-7(11)6(5)8/h2-4H,1H3. The molecule has 0 aliphatic rings. The molecule has 56 valence electrons. The van der Waals surface area contributed by atoms with Crippen molar-refractivity contribution in [3.8, 4) is 0 Å². The minimum atomic E-state index is -0.301. The fourth-order valence-corrected chi connectivity index (χ4v) is 0.950. The van der Waals surface area contributed by atoms with Crippen molar-refractivity contribution in [1.29, 1.82) is 0 Å². The van der Waals surface area contributed by atoms with Crippen LogP contribution in [-0.2, 0) is 0 Å². The van der Waals surface area contributed by atoms with Crippen molar-refractivity contribution in [1.82, 2.24) is 14.6 Å². The number of aryl methyl sites for hydroxylation is 1. The van der Waals surface area contributed by atoms with Crippen LogP contribution in [0.25, 0.3) is 5.65 Å². The van der Waals surface area contributed by atoms with E-state index < -0.39 is 0 Å². The van der Waals surface area contributed by atoms with E-state index in [-0.39, 0.29) is 11.5 Å². The normalized spacial score (nSPS) is 10.7. The lowest BCUT2D eigenvalue weighted by Crippen LogP contribution is -1.90. The Labute approximate surface area is 62.5 Å². The maximum Gasteiger partial charge on any atom is 0.196 e. The average Bonchev–Trinajstić information content (AvgIpc) is 2.45. The highest BCUT2D eigenvalue weighted by Crippen LogP contribution is 2.09. The van der Waals surface area contributed by atoms with Crippen LogP contribution in [0.15, 0.2) is 18.6 Å². The van der Waals surface area contributed by atoms with Crippen molar-refractivity contribution in [2.45, 2.75) is 6.92 Å². The van der Waals surface area contributed by atoms with Crippen molar-refractivity contribution in [3.05, 3.63) is 30.0 Å². The summed E-state index contributed by atoms with van der Waals surface area (Å²) in [5.41, 5.74) is 0.871. The van der Waals surface area contributed by atoms with Gasteiger partial charge in [0.15, 0.2) is 11.5 Å². The molecule has 2 aromatic heterocycles. The Balaban J connectivity index is 2.93. The molecule has 2 aromatic rings. The molecule has 0 saturated carbocycles. The lowest BCUT2D eigenvalue weighted by atomic mass is 10.3. The van der Waals surface area contributed by atoms with Crippen molar-refractivity contribution < 1.29 is 4.39 Å². The molecule has 2 heterocycles. The summed E-state index contributed by atoms with van der Waals surface area (Å²) >= 11 is 0. The second-order valence-electron chi connectivity index (χ2n) is 2.37. The van der Waals surface area contributed by atoms with Gasteiger partial charge in [-0.1, -0.05) is 0 Å². The predicted molar refractivity (Wildman–Crippen MR) is 37.7 cm³/mol. The van der Waals surface area contributed by atoms with E-state index >= 15 is 0 Å². The third-order valence-electron chi connectivity index (χ3n) is 1.60. The molecule has 0 fully saturated rings. The summed E-state index contributed by atoms with van der Waals surface area (Å²) in [6.45, 7) is 1.70. The second-order valence-corrected chi connectivity index (χ2v) is 2.37. The van der Waals surface area contributed by atoms with Gasteiger partial charge in [-0.15, -0.1) is 10.2 Å². The zero-order valence-corrected chi connectivity index (χ0v) is 5.95. The summed E-state index contributed by atoms with van der Waals surface area (Å²) in [5, 5.41) is 7.19. The van der Waals surface area contributed by atoms with Crippen LogP contribution < -0.4 is 0 Å². The van der Waals surface area contributed by atoms with E-state index in [0.29, 0.717) is 5.56 Å². The minimum Gasteiger partial charge on any atom is -0.287 e. The maximum atomic E-state index is 13.1. The Morgan fingerprint density at radius 3 is 3.18 bits per heavy atom. The number of hydrogen-bond acceptors (Lipinski definition) is 2. The van der Waals surface area contributed by atoms with Crippen molar-refractivity contribution in [2.75, 3.05) is 0 Å². The highest BCUT2D eigenvalue weighted by Gasteiger charge is 2.04. The average molecular weight is 151 g/mol. The molecule has 0 amide bonds. The van der Waals surface area contributed by atoms with Crippen LogP contribution in [0, 0.1) is 12.7 Å². The molecule has 0 aromatic carbocycles. The monoisotopic (exact) mass is 151 g/mol. The Bertz CT molecular complexity index is 393. The molecule has 0 aliphatic heterocycles. The van der Waals surface area contributed by atoms with Crippen LogP contribution >= 0.6 is 0 Å². The Morgan fingerprint density at radius 1 is 1.55 bits per heavy atom. The van der Waals surface area contributed by atoms with E-state index in [0.717, 1.165) is 0 Å². The molecule has 2 rings (SSSR count). The third-order valence-corrected chi connectivity index (χ3v) is 1.60. The van der Waals surface area contributed by atoms with Crippen LogP contribution in [0.4, 0.5) is 4.39 Å². The molecule has 0 atom stereocenters. The summed E-state index contributed by atoms with van der Waals surface area (Å²) in [6, 6.07) is 1.69. The maximum absolute atomic E-state index is 13.1. The molecule has 4 heteroatoms. The van der Waals surface area contributed by atoms with Crippen molar-refractivity contribution >= 4 is 5.65 Å². The summed E-state index contributed by atoms with van der Waals surface area (Å²) in [5.74, 6) is -0.301. The number of aromatic nitrogens is 3. The van der Waals surface area contributed by atoms with Gasteiger partial charge in [-0.2, -0.15) is 0 Å². The molecule has 0 spiro atoms. The SMILES string of the molecule is Cc1ccn2cnnc2c1F. The number of halogens is 1. The number of hydrogen-bond donors (Lipinski definition) is 0. The molecule has 0 radical (unpaired) electrons. The quantitative estimate of drug-likeness (QED) is 0.565. The molecule has 3 nitrogen and oxygen atoms in total. The van der Waals surface area contributed by atoms with Gasteiger partial charge in [0.2, 0.25) is 0 Å². The fourth-order valence-electron chi connectivity index (χ4n) is 0.950. The molecule has 0 saturated heterocycles. The zero-order valence-electron chi connectivity index (χ0n) is 5.95. The van der Waals surface area contributed by atoms with Gasteiger partial charge < -0.3 is 0 Å². The van der Waals surface area contributed by atoms with Crippen LogP contribution in [0.2, 0.25) is 0 Å². The van der Waals surface area contributed by atoms with Gasteiger partial charge in [0.1, 0.15) is 6.33 Å². The first-order valence-electron chi connectivity index (χ1n) is 3.23. The Hall–Kier alpha value is -1.45. The van der Waals surface area contributed by atoms with E-state index in [9.17, 15) is 4.39 Å². The van der Waals surface area contributed by atoms with Crippen LogP contribution in [0.5, 0.6) is 0 Å². The topological polar surface area (TPSA) is 30.2 Å². The number of nitrogens with zero attached hydrogens (tertiary/aromatic N) is 3. The molecular formula is C7H6FN3. The largest absolute Gasteiger partial charge is 0.287 e. The first kappa shape index (κ1) is 6.27. The van der Waals surface area contributed by atoms with Crippen LogP contribution in [-0.4, -0.2) is 14.6 Å². The van der Waals surface area contributed by atoms with E-state index in [1.165, 1.54) is 6.33 Å². The lowest BCUT2D eigenvalue weighted by Gasteiger charge is -1.95. The number of rotatable bonds is 0. The first-order valence-corrected chi connectivity index (χ1v) is 3.23. The minimum absolute atomic E-state index is 0.282. The summed E-state index contributed by atoms with van der Waals surface area (Å²) in [4.78, 5) is 0. The smallest absolute Gasteiger partial charge is 0.196 e. The van der Waals surface area contributed by atoms with Gasteiger partial charge in [0.25, 0.3) is 0 Å². The molecule has 11 heavy (non-hydrogen) atoms. The number of fused-ring (bicyclic) bond motifs is 1. The van der Waals surface area contributed by atoms with Gasteiger partial charge in [0, 0.05) is 6.20 Å². The molecular weight excluding hydrogens is 145 g/mol. The molecule has 0 N–H and O–H groups in total. The van der Waals surface area contributed by atoms with E-state index in [1.807, 2.05) is 0 Å². The summed E-state index contributed by atoms with van der Waals surface area (Å²) in [6.07, 6.45) is 3.20. The second kappa shape index (κ2) is 2.02. The van der Waals surface area contributed by atoms with Gasteiger partial charge >= 0.3 is 0 Å². The fraction of sp³-hybridized carbons (Fsp3) is 0.143. The molecule has 0 aliphatic carbocycles. The lowest BCUT2D eigenvalue weighted by molar-refractivity contribution is 0.620. The predicted octanol–water partition coefficient (Wildman–Crippen LogP) is 1.18. The zero-order chi connectivity index (χ0) is 7.84. The van der Waals surface area contributed by atoms with Crippen LogP contribution in [0.1, 0.15) is 5.56 Å². The van der Waals surface area contributed by atoms with Crippen LogP contribution in [0.3, 0.4) is 0 Å². The van der Waals surface area contributed by atoms with Gasteiger partial charge in [-0.25, -0.2) is 4.39 Å². The molecule has 0 unspecified atom stereocenters. The Morgan fingerprint density at radius 2 is 2.36 bits per heavy atom. The first-order chi connectivity index (χ1) is 5.29. The summed E-state index contributed by atoms with van der Waals surface area (Å²) in [7, 11) is 0. The van der Waals surface area contributed by atoms with Gasteiger partial charge in [-0.3, -0.25) is 4.40 Å². The van der Waals surface area contributed by atoms with Crippen molar-refractivity contribution in [3.63, 3.8) is 0 Å². The highest BCUT2D eigenvalue weighted by atomic mass is 19.1. The van der Waals surface area contributed by atoms with Crippen molar-refractivity contribution in [2.24, 2.45) is 0 Å². The summed E-state index contributed by atoms with van der Waals surface area (Å²) < 4.78 is 14.7. The van der Waals surface area contributed by atoms with E-state index in [4.69, 9.17) is 0 Å². The highest BCUT2D eigenvalue weighted by molar-refractivity contribution is 5.41. The Kier molecular flexibility index (Phi) is 1.15. The van der Waals surface area contributed by atoms with Gasteiger partial charge in [-0.05, 0) is 18.6 Å². The number of pyridine rings is 1. The third kappa shape index (κ3) is 0.790. The van der Waals surface area contributed by atoms with Gasteiger partial charge in [0.05, 0.1) is 0 Å². The molecule has 0 bridgehead atoms. The van der Waals surface area contributed by atoms with E-state index in [1.54, 1.807) is 23.6 Å².